The van der Waals surface area contributed by atoms with Crippen LogP contribution in [0.15, 0.2) is 30.3 Å². The highest BCUT2D eigenvalue weighted by Gasteiger charge is 2.67. The first kappa shape index (κ1) is 22.4. The molecule has 2 aromatic rings. The van der Waals surface area contributed by atoms with Gasteiger partial charge in [-0.3, -0.25) is 20.2 Å². The molecule has 11 heteroatoms. The number of pyridine rings is 1. The topological polar surface area (TPSA) is 117 Å². The molecular weight excluding hydrogens is 438 g/mol. The maximum atomic E-state index is 15.0. The number of anilines is 1. The van der Waals surface area contributed by atoms with Crippen LogP contribution in [0.4, 0.5) is 10.2 Å². The number of aliphatic hydroxyl groups is 1. The second kappa shape index (κ2) is 8.07. The molecule has 2 aliphatic rings. The molecule has 1 aromatic carbocycles. The molecular formula is C19H19Cl2FN4O4. The van der Waals surface area contributed by atoms with E-state index in [0.29, 0.717) is 5.56 Å². The number of halogens is 3. The number of aromatic nitrogens is 1. The first-order valence-electron chi connectivity index (χ1n) is 8.75. The van der Waals surface area contributed by atoms with E-state index in [-0.39, 0.29) is 42.0 Å². The average Bonchev–Trinajstić information content (AvgIpc) is 3.13. The zero-order chi connectivity index (χ0) is 20.9. The lowest BCUT2D eigenvalue weighted by atomic mass is 9.74. The van der Waals surface area contributed by atoms with Crippen LogP contribution in [0.3, 0.4) is 0 Å². The number of fused-ring (bicyclic) bond motifs is 2. The van der Waals surface area contributed by atoms with E-state index in [0.717, 1.165) is 0 Å². The predicted octanol–water partition coefficient (Wildman–Crippen LogP) is 3.09. The van der Waals surface area contributed by atoms with Crippen LogP contribution in [0.25, 0.3) is 0 Å². The van der Waals surface area contributed by atoms with Crippen LogP contribution >= 0.6 is 23.2 Å². The summed E-state index contributed by atoms with van der Waals surface area (Å²) in [5.74, 6) is -2.54. The Labute approximate surface area is 181 Å². The molecule has 3 N–H and O–H groups in total. The minimum atomic E-state index is -1.67. The number of carbonyl (C=O) groups excluding carboxylic acids is 1. The van der Waals surface area contributed by atoms with Crippen molar-refractivity contribution < 1.29 is 19.2 Å². The van der Waals surface area contributed by atoms with Gasteiger partial charge in [0, 0.05) is 22.7 Å². The highest BCUT2D eigenvalue weighted by Crippen LogP contribution is 2.53. The second-order valence-electron chi connectivity index (χ2n) is 6.95. The number of hydrogen-bond donors (Lipinski definition) is 3. The van der Waals surface area contributed by atoms with E-state index < -0.39 is 40.2 Å². The summed E-state index contributed by atoms with van der Waals surface area (Å²) in [5, 5.41) is 27.0. The van der Waals surface area contributed by atoms with Crippen molar-refractivity contribution in [3.05, 3.63) is 67.6 Å². The molecule has 2 aliphatic heterocycles. The normalized spacial score (nSPS) is 26.9. The third-order valence-corrected chi connectivity index (χ3v) is 6.01. The van der Waals surface area contributed by atoms with Crippen LogP contribution in [0.2, 0.25) is 10.2 Å². The summed E-state index contributed by atoms with van der Waals surface area (Å²) in [4.78, 5) is 28.7. The van der Waals surface area contributed by atoms with E-state index in [2.05, 4.69) is 15.6 Å². The van der Waals surface area contributed by atoms with Crippen molar-refractivity contribution in [3.8, 4) is 0 Å². The van der Waals surface area contributed by atoms with Crippen LogP contribution < -0.4 is 10.6 Å². The number of amides is 1. The van der Waals surface area contributed by atoms with Gasteiger partial charge in [0.15, 0.2) is 0 Å². The van der Waals surface area contributed by atoms with E-state index in [1.807, 2.05) is 0 Å². The highest BCUT2D eigenvalue weighted by molar-refractivity contribution is 6.30. The van der Waals surface area contributed by atoms with Crippen molar-refractivity contribution in [3.63, 3.8) is 0 Å². The van der Waals surface area contributed by atoms with Crippen molar-refractivity contribution in [2.75, 3.05) is 11.9 Å². The number of nitrogens with zero attached hydrogens (tertiary/aromatic N) is 2. The van der Waals surface area contributed by atoms with Gasteiger partial charge in [-0.15, -0.1) is 0 Å². The Hall–Kier alpha value is -2.33. The summed E-state index contributed by atoms with van der Waals surface area (Å²) in [6, 6.07) is 4.86. The number of benzene rings is 1. The molecule has 0 bridgehead atoms. The smallest absolute Gasteiger partial charge is 0.251 e. The summed E-state index contributed by atoms with van der Waals surface area (Å²) < 4.78 is 15.0. The Morgan fingerprint density at radius 3 is 2.70 bits per heavy atom. The van der Waals surface area contributed by atoms with E-state index in [9.17, 15) is 20.0 Å². The third-order valence-electron chi connectivity index (χ3n) is 5.51. The molecule has 1 aromatic heterocycles. The minimum absolute atomic E-state index is 0. The van der Waals surface area contributed by atoms with Gasteiger partial charge in [-0.25, -0.2) is 9.37 Å². The van der Waals surface area contributed by atoms with Crippen LogP contribution in [0.5, 0.6) is 0 Å². The van der Waals surface area contributed by atoms with Gasteiger partial charge >= 0.3 is 0 Å². The zero-order valence-corrected chi connectivity index (χ0v) is 16.2. The number of nitro groups is 1. The van der Waals surface area contributed by atoms with Crippen molar-refractivity contribution in [1.29, 1.82) is 0 Å². The summed E-state index contributed by atoms with van der Waals surface area (Å²) in [6.07, 6.45) is -0.00425. The van der Waals surface area contributed by atoms with Crippen molar-refractivity contribution in [2.24, 2.45) is 0 Å². The van der Waals surface area contributed by atoms with Gasteiger partial charge < -0.3 is 10.4 Å². The van der Waals surface area contributed by atoms with Crippen LogP contribution in [0.1, 0.15) is 30.9 Å². The molecule has 0 saturated carbocycles. The fraction of sp³-hybridized carbons (Fsp3) is 0.368. The van der Waals surface area contributed by atoms with Crippen LogP contribution in [-0.4, -0.2) is 39.6 Å². The first-order valence-corrected chi connectivity index (χ1v) is 9.51. The lowest BCUT2D eigenvalue weighted by Crippen LogP contribution is -2.49. The Morgan fingerprint density at radius 1 is 1.30 bits per heavy atom. The van der Waals surface area contributed by atoms with Crippen LogP contribution in [-0.2, 0) is 10.3 Å². The maximum Gasteiger partial charge on any atom is 0.251 e. The van der Waals surface area contributed by atoms with Crippen molar-refractivity contribution in [1.82, 2.24) is 10.3 Å². The molecule has 1 spiro atoms. The van der Waals surface area contributed by atoms with Gasteiger partial charge in [-0.05, 0) is 24.6 Å². The molecule has 160 valence electrons. The Bertz CT molecular complexity index is 1020. The van der Waals surface area contributed by atoms with E-state index in [1.165, 1.54) is 30.3 Å². The Morgan fingerprint density at radius 2 is 2.03 bits per heavy atom. The lowest BCUT2D eigenvalue weighted by molar-refractivity contribution is -0.527. The molecule has 30 heavy (non-hydrogen) atoms. The quantitative estimate of drug-likeness (QED) is 0.369. The molecule has 1 fully saturated rings. The van der Waals surface area contributed by atoms with E-state index in [1.54, 1.807) is 0 Å². The van der Waals surface area contributed by atoms with Gasteiger partial charge in [0.2, 0.25) is 6.04 Å². The number of hydrogen-bond acceptors (Lipinski definition) is 6. The fourth-order valence-electron chi connectivity index (χ4n) is 4.41. The molecule has 1 amide bonds. The van der Waals surface area contributed by atoms with Crippen molar-refractivity contribution in [2.45, 2.75) is 37.4 Å². The molecule has 3 heterocycles. The Kier molecular flexibility index (Phi) is 6.01. The molecule has 0 radical (unpaired) electrons. The highest BCUT2D eigenvalue weighted by atomic mass is 35.5. The minimum Gasteiger partial charge on any atom is -0.396 e. The number of aliphatic hydroxyl groups excluding tert-OH is 1. The van der Waals surface area contributed by atoms with E-state index in [4.69, 9.17) is 23.2 Å². The molecule has 0 aliphatic carbocycles. The largest absolute Gasteiger partial charge is 0.396 e. The van der Waals surface area contributed by atoms with Crippen molar-refractivity contribution >= 4 is 34.9 Å². The second-order valence-corrected chi connectivity index (χ2v) is 7.75. The van der Waals surface area contributed by atoms with Gasteiger partial charge in [0.1, 0.15) is 22.3 Å². The monoisotopic (exact) mass is 456 g/mol. The number of carbonyl (C=O) groups is 1. The standard InChI is InChI=1S/C18H15Cl2FN4O4.CH4/c19-10-3-1-2-8(14(10)21)13-15(25(28)29)11(6-7-26)24-18(13)9-4-5-12(20)22-16(9)23-17(18)27;/h1-5,11,13,15,24,26H,6-7H2,(H,22,23,27);1H4/t11-,13-,15+,18+;/m0./s1. The summed E-state index contributed by atoms with van der Waals surface area (Å²) in [6.45, 7) is -0.351. The SMILES string of the molecule is C.O=C1Nc2nc(Cl)ccc2[C@]12N[C@@H](CCO)[C@@H]([N+](=O)[O-])[C@@H]2c1cccc(Cl)c1F. The fourth-order valence-corrected chi connectivity index (χ4v) is 4.74. The molecule has 4 rings (SSSR count). The van der Waals surface area contributed by atoms with Gasteiger partial charge in [-0.1, -0.05) is 42.8 Å². The molecule has 0 unspecified atom stereocenters. The van der Waals surface area contributed by atoms with Gasteiger partial charge in [-0.2, -0.15) is 0 Å². The summed E-state index contributed by atoms with van der Waals surface area (Å²) in [5.41, 5.74) is -1.41. The summed E-state index contributed by atoms with van der Waals surface area (Å²) in [7, 11) is 0. The predicted molar refractivity (Wildman–Crippen MR) is 110 cm³/mol. The molecule has 4 atom stereocenters. The van der Waals surface area contributed by atoms with Gasteiger partial charge in [0.25, 0.3) is 5.91 Å². The third kappa shape index (κ3) is 3.13. The van der Waals surface area contributed by atoms with Gasteiger partial charge in [0.05, 0.1) is 17.0 Å². The Balaban J connectivity index is 0.00000256. The zero-order valence-electron chi connectivity index (χ0n) is 14.7. The maximum absolute atomic E-state index is 15.0. The lowest BCUT2D eigenvalue weighted by Gasteiger charge is -2.29. The van der Waals surface area contributed by atoms with E-state index >= 15 is 4.39 Å². The first-order chi connectivity index (χ1) is 13.8. The van der Waals surface area contributed by atoms with Crippen LogP contribution in [0, 0.1) is 15.9 Å². The number of rotatable bonds is 4. The molecule has 1 saturated heterocycles. The summed E-state index contributed by atoms with van der Waals surface area (Å²) >= 11 is 11.9. The molecule has 8 nitrogen and oxygen atoms in total. The average molecular weight is 457 g/mol. The number of nitrogens with one attached hydrogen (secondary N) is 2.